The monoisotopic (exact) mass is 504 g/mol. The fraction of sp³-hybridized carbons (Fsp3) is 0.370. The number of para-hydroxylation sites is 1. The van der Waals surface area contributed by atoms with Gasteiger partial charge in [0.1, 0.15) is 11.6 Å². The molecule has 0 amide bonds. The van der Waals surface area contributed by atoms with E-state index in [2.05, 4.69) is 18.7 Å². The number of hydrogen-bond donors (Lipinski definition) is 0. The predicted molar refractivity (Wildman–Crippen MR) is 142 cm³/mol. The highest BCUT2D eigenvalue weighted by molar-refractivity contribution is 7.89. The molecule has 1 aliphatic heterocycles. The first-order valence-electron chi connectivity index (χ1n) is 12.4. The molecule has 0 radical (unpaired) electrons. The summed E-state index contributed by atoms with van der Waals surface area (Å²) in [5, 5.41) is 5.74. The van der Waals surface area contributed by atoms with Crippen molar-refractivity contribution in [3.05, 3.63) is 71.7 Å². The number of anilines is 1. The molecule has 0 atom stereocenters. The third-order valence-corrected chi connectivity index (χ3v) is 8.43. The summed E-state index contributed by atoms with van der Waals surface area (Å²) in [7, 11) is -3.53. The highest BCUT2D eigenvalue weighted by Gasteiger charge is 2.30. The number of sulfonamides is 1. The van der Waals surface area contributed by atoms with Crippen molar-refractivity contribution >= 4 is 26.9 Å². The van der Waals surface area contributed by atoms with E-state index in [0.717, 1.165) is 46.0 Å². The normalized spacial score (nSPS) is 15.2. The van der Waals surface area contributed by atoms with Crippen molar-refractivity contribution < 1.29 is 8.42 Å². The summed E-state index contributed by atoms with van der Waals surface area (Å²) in [5.41, 5.74) is 3.63. The Balaban J connectivity index is 1.49. The lowest BCUT2D eigenvalue weighted by molar-refractivity contribution is 0.384. The van der Waals surface area contributed by atoms with Crippen LogP contribution in [0.4, 0.5) is 5.82 Å². The zero-order chi connectivity index (χ0) is 25.4. The zero-order valence-corrected chi connectivity index (χ0v) is 22.0. The van der Waals surface area contributed by atoms with Crippen molar-refractivity contribution in [1.29, 1.82) is 0 Å². The minimum atomic E-state index is -3.53. The highest BCUT2D eigenvalue weighted by atomic mass is 32.2. The summed E-state index contributed by atoms with van der Waals surface area (Å²) < 4.78 is 29.9. The van der Waals surface area contributed by atoms with Crippen LogP contribution in [0.25, 0.3) is 16.7 Å². The van der Waals surface area contributed by atoms with E-state index >= 15 is 0 Å². The van der Waals surface area contributed by atoms with E-state index < -0.39 is 10.0 Å². The van der Waals surface area contributed by atoms with Gasteiger partial charge in [-0.25, -0.2) is 23.1 Å². The molecule has 36 heavy (non-hydrogen) atoms. The van der Waals surface area contributed by atoms with Gasteiger partial charge in [-0.05, 0) is 44.0 Å². The van der Waals surface area contributed by atoms with Gasteiger partial charge in [0.15, 0.2) is 5.65 Å². The van der Waals surface area contributed by atoms with Crippen LogP contribution in [-0.2, 0) is 16.4 Å². The smallest absolute Gasteiger partial charge is 0.243 e. The molecule has 0 spiro atoms. The lowest BCUT2D eigenvalue weighted by Gasteiger charge is -2.35. The Kier molecular flexibility index (Phi) is 6.53. The summed E-state index contributed by atoms with van der Waals surface area (Å²) in [6.45, 7) is 10.1. The molecular weight excluding hydrogens is 472 g/mol. The van der Waals surface area contributed by atoms with Gasteiger partial charge in [0.2, 0.25) is 10.0 Å². The SMILES string of the molecule is Cc1ccc(S(=O)(=O)N2CCN(c3nc(CC(C)C)nc4c3c(C)nn4-c3ccccc3)CC2)cc1. The average Bonchev–Trinajstić information content (AvgIpc) is 3.20. The van der Waals surface area contributed by atoms with E-state index in [9.17, 15) is 8.42 Å². The van der Waals surface area contributed by atoms with Gasteiger partial charge in [-0.1, -0.05) is 49.7 Å². The molecule has 5 rings (SSSR count). The Labute approximate surface area is 212 Å². The first-order valence-corrected chi connectivity index (χ1v) is 13.8. The van der Waals surface area contributed by atoms with Crippen LogP contribution in [0.5, 0.6) is 0 Å². The third-order valence-electron chi connectivity index (χ3n) is 6.52. The van der Waals surface area contributed by atoms with Crippen LogP contribution in [0.1, 0.15) is 30.9 Å². The molecule has 2 aromatic heterocycles. The lowest BCUT2D eigenvalue weighted by atomic mass is 10.1. The minimum absolute atomic E-state index is 0.338. The van der Waals surface area contributed by atoms with Crippen LogP contribution >= 0.6 is 0 Å². The first-order chi connectivity index (χ1) is 17.2. The fourth-order valence-electron chi connectivity index (χ4n) is 4.64. The van der Waals surface area contributed by atoms with Crippen LogP contribution in [0, 0.1) is 19.8 Å². The Morgan fingerprint density at radius 3 is 2.19 bits per heavy atom. The number of piperazine rings is 1. The number of nitrogens with zero attached hydrogens (tertiary/aromatic N) is 6. The van der Waals surface area contributed by atoms with E-state index in [0.29, 0.717) is 37.0 Å². The standard InChI is InChI=1S/C27H32N6O2S/c1-19(2)18-24-28-26(25-21(4)30-33(27(25)29-24)22-8-6-5-7-9-22)31-14-16-32(17-15-31)36(34,35)23-12-10-20(3)11-13-23/h5-13,19H,14-18H2,1-4H3. The van der Waals surface area contributed by atoms with Gasteiger partial charge in [-0.2, -0.15) is 9.40 Å². The third kappa shape index (κ3) is 4.60. The topological polar surface area (TPSA) is 84.2 Å². The molecule has 188 valence electrons. The van der Waals surface area contributed by atoms with Gasteiger partial charge in [0.25, 0.3) is 0 Å². The van der Waals surface area contributed by atoms with E-state index in [1.165, 1.54) is 0 Å². The predicted octanol–water partition coefficient (Wildman–Crippen LogP) is 4.14. The Morgan fingerprint density at radius 2 is 1.56 bits per heavy atom. The molecule has 8 nitrogen and oxygen atoms in total. The van der Waals surface area contributed by atoms with Crippen molar-refractivity contribution in [2.75, 3.05) is 31.1 Å². The highest BCUT2D eigenvalue weighted by Crippen LogP contribution is 2.31. The van der Waals surface area contributed by atoms with Gasteiger partial charge in [-0.3, -0.25) is 0 Å². The van der Waals surface area contributed by atoms with E-state index in [1.807, 2.05) is 61.0 Å². The lowest BCUT2D eigenvalue weighted by Crippen LogP contribution is -2.49. The second-order valence-electron chi connectivity index (χ2n) is 9.80. The van der Waals surface area contributed by atoms with Crippen molar-refractivity contribution in [3.63, 3.8) is 0 Å². The molecule has 3 heterocycles. The maximum absolute atomic E-state index is 13.2. The summed E-state index contributed by atoms with van der Waals surface area (Å²) >= 11 is 0. The summed E-state index contributed by atoms with van der Waals surface area (Å²) in [6, 6.07) is 17.0. The van der Waals surface area contributed by atoms with Gasteiger partial charge < -0.3 is 4.90 Å². The largest absolute Gasteiger partial charge is 0.353 e. The van der Waals surface area contributed by atoms with Gasteiger partial charge in [0, 0.05) is 32.6 Å². The van der Waals surface area contributed by atoms with Crippen molar-refractivity contribution in [2.24, 2.45) is 5.92 Å². The molecule has 0 saturated carbocycles. The number of aryl methyl sites for hydroxylation is 2. The summed E-state index contributed by atoms with van der Waals surface area (Å²) in [5.74, 6) is 2.02. The summed E-state index contributed by atoms with van der Waals surface area (Å²) in [6.07, 6.45) is 0.754. The van der Waals surface area contributed by atoms with Crippen molar-refractivity contribution in [2.45, 2.75) is 39.0 Å². The van der Waals surface area contributed by atoms with Crippen molar-refractivity contribution in [3.8, 4) is 5.69 Å². The second kappa shape index (κ2) is 9.63. The number of aromatic nitrogens is 4. The maximum Gasteiger partial charge on any atom is 0.243 e. The van der Waals surface area contributed by atoms with Crippen LogP contribution in [0.2, 0.25) is 0 Å². The van der Waals surface area contributed by atoms with E-state index in [-0.39, 0.29) is 0 Å². The molecule has 2 aromatic carbocycles. The fourth-order valence-corrected chi connectivity index (χ4v) is 6.06. The van der Waals surface area contributed by atoms with E-state index in [1.54, 1.807) is 16.4 Å². The number of benzene rings is 2. The minimum Gasteiger partial charge on any atom is -0.353 e. The number of hydrogen-bond acceptors (Lipinski definition) is 6. The molecule has 0 unspecified atom stereocenters. The van der Waals surface area contributed by atoms with Crippen molar-refractivity contribution in [1.82, 2.24) is 24.1 Å². The first kappa shape index (κ1) is 24.4. The average molecular weight is 505 g/mol. The quantitative estimate of drug-likeness (QED) is 0.392. The molecule has 0 aliphatic carbocycles. The molecule has 4 aromatic rings. The van der Waals surface area contributed by atoms with Crippen LogP contribution < -0.4 is 4.90 Å². The van der Waals surface area contributed by atoms with Gasteiger partial charge in [-0.15, -0.1) is 0 Å². The molecule has 9 heteroatoms. The molecule has 0 N–H and O–H groups in total. The zero-order valence-electron chi connectivity index (χ0n) is 21.2. The molecule has 1 saturated heterocycles. The summed E-state index contributed by atoms with van der Waals surface area (Å²) in [4.78, 5) is 12.4. The Morgan fingerprint density at radius 1 is 0.889 bits per heavy atom. The maximum atomic E-state index is 13.2. The van der Waals surface area contributed by atoms with Gasteiger partial charge >= 0.3 is 0 Å². The van der Waals surface area contributed by atoms with Crippen LogP contribution in [-0.4, -0.2) is 58.7 Å². The van der Waals surface area contributed by atoms with E-state index in [4.69, 9.17) is 15.1 Å². The molecule has 1 fully saturated rings. The molecule has 0 bridgehead atoms. The van der Waals surface area contributed by atoms with Crippen LogP contribution in [0.15, 0.2) is 59.5 Å². The molecule has 1 aliphatic rings. The Hall–Kier alpha value is -3.30. The Bertz CT molecular complexity index is 1470. The number of rotatable bonds is 6. The molecular formula is C27H32N6O2S. The number of fused-ring (bicyclic) bond motifs is 1. The van der Waals surface area contributed by atoms with Crippen LogP contribution in [0.3, 0.4) is 0 Å². The second-order valence-corrected chi connectivity index (χ2v) is 11.7. The van der Waals surface area contributed by atoms with Gasteiger partial charge in [0.05, 0.1) is 21.7 Å².